The van der Waals surface area contributed by atoms with Gasteiger partial charge in [-0.15, -0.1) is 0 Å². The Bertz CT molecular complexity index is 980. The third-order valence-electron chi connectivity index (χ3n) is 6.27. The Hall–Kier alpha value is -2.77. The number of hydrogen-bond acceptors (Lipinski definition) is 4. The van der Waals surface area contributed by atoms with E-state index in [4.69, 9.17) is 4.74 Å². The van der Waals surface area contributed by atoms with Crippen LogP contribution in [-0.4, -0.2) is 53.7 Å². The summed E-state index contributed by atoms with van der Waals surface area (Å²) >= 11 is 0. The van der Waals surface area contributed by atoms with Gasteiger partial charge in [-0.1, -0.05) is 18.2 Å². The van der Waals surface area contributed by atoms with Crippen LogP contribution >= 0.6 is 0 Å². The van der Waals surface area contributed by atoms with Gasteiger partial charge in [0.05, 0.1) is 18.3 Å². The number of hydrogen-bond donors (Lipinski definition) is 2. The quantitative estimate of drug-likeness (QED) is 0.786. The lowest BCUT2D eigenvalue weighted by Gasteiger charge is -2.37. The molecule has 7 heteroatoms. The first kappa shape index (κ1) is 21.5. The number of amides is 2. The van der Waals surface area contributed by atoms with Crippen molar-refractivity contribution in [3.8, 4) is 0 Å². The fourth-order valence-electron chi connectivity index (χ4n) is 4.50. The van der Waals surface area contributed by atoms with Gasteiger partial charge in [0.15, 0.2) is 0 Å². The molecule has 2 saturated heterocycles. The molecule has 164 valence electrons. The van der Waals surface area contributed by atoms with Gasteiger partial charge in [0.1, 0.15) is 5.82 Å². The van der Waals surface area contributed by atoms with Crippen molar-refractivity contribution in [2.75, 3.05) is 25.1 Å². The summed E-state index contributed by atoms with van der Waals surface area (Å²) in [5.74, 6) is -1.39. The van der Waals surface area contributed by atoms with E-state index in [-0.39, 0.29) is 23.4 Å². The smallest absolute Gasteiger partial charge is 0.258 e. The van der Waals surface area contributed by atoms with E-state index in [1.54, 1.807) is 24.3 Å². The van der Waals surface area contributed by atoms with E-state index in [9.17, 15) is 19.1 Å². The lowest BCUT2D eigenvalue weighted by atomic mass is 9.89. The summed E-state index contributed by atoms with van der Waals surface area (Å²) < 4.78 is 19.5. The molecule has 0 saturated carbocycles. The molecule has 0 radical (unpaired) electrons. The molecule has 2 aliphatic heterocycles. The van der Waals surface area contributed by atoms with E-state index in [1.807, 2.05) is 11.8 Å². The van der Waals surface area contributed by atoms with Crippen molar-refractivity contribution in [3.63, 3.8) is 0 Å². The Kier molecular flexibility index (Phi) is 6.34. The highest BCUT2D eigenvalue weighted by atomic mass is 19.1. The lowest BCUT2D eigenvalue weighted by molar-refractivity contribution is -0.0589. The third-order valence-corrected chi connectivity index (χ3v) is 6.27. The van der Waals surface area contributed by atoms with Gasteiger partial charge >= 0.3 is 0 Å². The number of halogens is 1. The zero-order valence-corrected chi connectivity index (χ0v) is 17.5. The SMILES string of the molecule is Cc1ccc(C(=O)N2CCCC2C2COCCC2O)cc1NC(=O)c1ccccc1F. The van der Waals surface area contributed by atoms with E-state index < -0.39 is 17.8 Å². The summed E-state index contributed by atoms with van der Waals surface area (Å²) in [4.78, 5) is 27.7. The van der Waals surface area contributed by atoms with Crippen LogP contribution in [0.5, 0.6) is 0 Å². The Balaban J connectivity index is 1.54. The van der Waals surface area contributed by atoms with E-state index in [0.717, 1.165) is 18.4 Å². The second kappa shape index (κ2) is 9.16. The molecule has 3 atom stereocenters. The van der Waals surface area contributed by atoms with Crippen molar-refractivity contribution in [1.82, 2.24) is 4.90 Å². The maximum Gasteiger partial charge on any atom is 0.258 e. The number of nitrogens with zero attached hydrogens (tertiary/aromatic N) is 1. The highest BCUT2D eigenvalue weighted by molar-refractivity contribution is 6.05. The van der Waals surface area contributed by atoms with Crippen LogP contribution in [0.4, 0.5) is 10.1 Å². The first-order valence-electron chi connectivity index (χ1n) is 10.7. The summed E-state index contributed by atoms with van der Waals surface area (Å²) in [5, 5.41) is 13.1. The monoisotopic (exact) mass is 426 g/mol. The fraction of sp³-hybridized carbons (Fsp3) is 0.417. The molecule has 2 N–H and O–H groups in total. The van der Waals surface area contributed by atoms with Crippen molar-refractivity contribution >= 4 is 17.5 Å². The number of ether oxygens (including phenoxy) is 1. The Morgan fingerprint density at radius 3 is 2.77 bits per heavy atom. The van der Waals surface area contributed by atoms with Crippen LogP contribution in [0.25, 0.3) is 0 Å². The predicted octanol–water partition coefficient (Wildman–Crippen LogP) is 3.39. The number of nitrogens with one attached hydrogen (secondary N) is 1. The molecule has 6 nitrogen and oxygen atoms in total. The van der Waals surface area contributed by atoms with Gasteiger partial charge in [-0.3, -0.25) is 9.59 Å². The minimum Gasteiger partial charge on any atom is -0.393 e. The van der Waals surface area contributed by atoms with Crippen molar-refractivity contribution in [2.45, 2.75) is 38.3 Å². The van der Waals surface area contributed by atoms with Gasteiger partial charge in [-0.2, -0.15) is 0 Å². The minimum atomic E-state index is -0.599. The normalized spacial score (nSPS) is 23.6. The molecule has 0 spiro atoms. The van der Waals surface area contributed by atoms with Gasteiger partial charge < -0.3 is 20.1 Å². The molecule has 31 heavy (non-hydrogen) atoms. The number of likely N-dealkylation sites (tertiary alicyclic amines) is 1. The second-order valence-electron chi connectivity index (χ2n) is 8.27. The van der Waals surface area contributed by atoms with Gasteiger partial charge in [0.2, 0.25) is 0 Å². The molecular weight excluding hydrogens is 399 g/mol. The lowest BCUT2D eigenvalue weighted by Crippen LogP contribution is -2.48. The van der Waals surface area contributed by atoms with Gasteiger partial charge in [0.25, 0.3) is 11.8 Å². The van der Waals surface area contributed by atoms with Gasteiger partial charge in [-0.25, -0.2) is 4.39 Å². The van der Waals surface area contributed by atoms with Crippen LogP contribution in [0.3, 0.4) is 0 Å². The zero-order valence-electron chi connectivity index (χ0n) is 17.5. The Morgan fingerprint density at radius 2 is 2.00 bits per heavy atom. The first-order chi connectivity index (χ1) is 15.0. The van der Waals surface area contributed by atoms with Crippen molar-refractivity contribution in [2.24, 2.45) is 5.92 Å². The van der Waals surface area contributed by atoms with Crippen LogP contribution in [0.15, 0.2) is 42.5 Å². The number of aliphatic hydroxyl groups excluding tert-OH is 1. The highest BCUT2D eigenvalue weighted by Crippen LogP contribution is 2.31. The molecule has 0 aliphatic carbocycles. The van der Waals surface area contributed by atoms with Crippen molar-refractivity contribution < 1.29 is 23.8 Å². The molecule has 3 unspecified atom stereocenters. The summed E-state index contributed by atoms with van der Waals surface area (Å²) in [7, 11) is 0. The molecule has 2 aliphatic rings. The number of carbonyl (C=O) groups is 2. The van der Waals surface area contributed by atoms with Crippen LogP contribution in [0.2, 0.25) is 0 Å². The van der Waals surface area contributed by atoms with Crippen LogP contribution in [0, 0.1) is 18.7 Å². The summed E-state index contributed by atoms with van der Waals surface area (Å²) in [6, 6.07) is 10.9. The standard InChI is InChI=1S/C24H27FN2O4/c1-15-8-9-16(13-20(15)26-23(29)17-5-2-3-6-19(17)25)24(30)27-11-4-7-21(27)18-14-31-12-10-22(18)28/h2-3,5-6,8-9,13,18,21-22,28H,4,7,10-12,14H2,1H3,(H,26,29). The average Bonchev–Trinajstić information content (AvgIpc) is 3.25. The number of rotatable bonds is 4. The number of aryl methyl sites for hydroxylation is 1. The molecule has 0 aromatic heterocycles. The molecule has 2 amide bonds. The number of anilines is 1. The van der Waals surface area contributed by atoms with Crippen molar-refractivity contribution in [1.29, 1.82) is 0 Å². The van der Waals surface area contributed by atoms with E-state index in [0.29, 0.717) is 37.4 Å². The summed E-state index contributed by atoms with van der Waals surface area (Å²) in [6.45, 7) is 3.44. The minimum absolute atomic E-state index is 0.0514. The van der Waals surface area contributed by atoms with Gasteiger partial charge in [0, 0.05) is 36.4 Å². The summed E-state index contributed by atoms with van der Waals surface area (Å²) in [6.07, 6.45) is 1.82. The zero-order chi connectivity index (χ0) is 22.0. The van der Waals surface area contributed by atoms with Crippen LogP contribution < -0.4 is 5.32 Å². The topological polar surface area (TPSA) is 78.9 Å². The van der Waals surface area contributed by atoms with Crippen LogP contribution in [0.1, 0.15) is 45.5 Å². The third kappa shape index (κ3) is 4.48. The molecule has 2 aromatic rings. The molecular formula is C24H27FN2O4. The fourth-order valence-corrected chi connectivity index (χ4v) is 4.50. The first-order valence-corrected chi connectivity index (χ1v) is 10.7. The average molecular weight is 426 g/mol. The van der Waals surface area contributed by atoms with E-state index in [1.165, 1.54) is 18.2 Å². The maximum atomic E-state index is 14.0. The molecule has 0 bridgehead atoms. The molecule has 2 fully saturated rings. The maximum absolute atomic E-state index is 14.0. The van der Waals surface area contributed by atoms with Crippen LogP contribution in [-0.2, 0) is 4.74 Å². The number of benzene rings is 2. The molecule has 2 heterocycles. The Labute approximate surface area is 181 Å². The van der Waals surface area contributed by atoms with E-state index >= 15 is 0 Å². The van der Waals surface area contributed by atoms with Crippen molar-refractivity contribution in [3.05, 3.63) is 65.0 Å². The Morgan fingerprint density at radius 1 is 1.19 bits per heavy atom. The molecule has 2 aromatic carbocycles. The number of aliphatic hydroxyl groups is 1. The number of carbonyl (C=O) groups excluding carboxylic acids is 2. The second-order valence-corrected chi connectivity index (χ2v) is 8.27. The largest absolute Gasteiger partial charge is 0.393 e. The summed E-state index contributed by atoms with van der Waals surface area (Å²) in [5.41, 5.74) is 1.64. The molecule has 4 rings (SSSR count). The van der Waals surface area contributed by atoms with E-state index in [2.05, 4.69) is 5.32 Å². The highest BCUT2D eigenvalue weighted by Gasteiger charge is 2.39. The van der Waals surface area contributed by atoms with Gasteiger partial charge in [-0.05, 0) is 56.0 Å². The predicted molar refractivity (Wildman–Crippen MR) is 115 cm³/mol.